The molecule has 0 atom stereocenters. The molecule has 0 radical (unpaired) electrons. The highest BCUT2D eigenvalue weighted by atomic mass is 32.2. The first-order valence-electron chi connectivity index (χ1n) is 9.66. The maximum Gasteiger partial charge on any atom is 0.350 e. The van der Waals surface area contributed by atoms with Gasteiger partial charge in [0, 0.05) is 5.69 Å². The lowest BCUT2D eigenvalue weighted by Crippen LogP contribution is -2.08. The first-order valence-corrected chi connectivity index (χ1v) is 11.1. The molecule has 3 aromatic rings. The Balaban J connectivity index is 1.80. The Morgan fingerprint density at radius 2 is 2.03 bits per heavy atom. The van der Waals surface area contributed by atoms with Crippen LogP contribution in [0.25, 0.3) is 0 Å². The lowest BCUT2D eigenvalue weighted by molar-refractivity contribution is -0.134. The van der Waals surface area contributed by atoms with Gasteiger partial charge in [-0.1, -0.05) is 6.07 Å². The molecule has 1 aromatic carbocycles. The molecule has 14 heteroatoms. The van der Waals surface area contributed by atoms with Gasteiger partial charge in [0.15, 0.2) is 23.2 Å². The van der Waals surface area contributed by atoms with Gasteiger partial charge in [-0.15, -0.1) is 0 Å². The number of nitrogens with zero attached hydrogens (tertiary/aromatic N) is 4. The highest BCUT2D eigenvalue weighted by Gasteiger charge is 2.15. The second-order valence-corrected chi connectivity index (χ2v) is 8.05. The van der Waals surface area contributed by atoms with Crippen molar-refractivity contribution in [2.75, 3.05) is 30.1 Å². The van der Waals surface area contributed by atoms with Gasteiger partial charge >= 0.3 is 5.97 Å². The van der Waals surface area contributed by atoms with E-state index in [1.54, 1.807) is 19.1 Å². The van der Waals surface area contributed by atoms with Crippen LogP contribution in [0.4, 0.5) is 33.5 Å². The summed E-state index contributed by atoms with van der Waals surface area (Å²) >= 11 is 0. The second-order valence-electron chi connectivity index (χ2n) is 6.41. The number of benzene rings is 1. The Kier molecular flexibility index (Phi) is 7.53. The van der Waals surface area contributed by atoms with Crippen molar-refractivity contribution in [2.24, 2.45) is 4.40 Å². The van der Waals surface area contributed by atoms with E-state index < -0.39 is 21.8 Å². The van der Waals surface area contributed by atoms with E-state index in [-0.39, 0.29) is 40.6 Å². The quantitative estimate of drug-likeness (QED) is 0.298. The number of methoxy groups -OCH3 is 1. The van der Waals surface area contributed by atoms with Crippen LogP contribution in [-0.4, -0.2) is 49.3 Å². The number of nitrogen functional groups attached to an aromatic ring is 1. The van der Waals surface area contributed by atoms with Crippen LogP contribution < -0.4 is 21.1 Å². The largest absolute Gasteiger partial charge is 0.493 e. The smallest absolute Gasteiger partial charge is 0.350 e. The third-order valence-electron chi connectivity index (χ3n) is 4.07. The molecule has 0 spiro atoms. The summed E-state index contributed by atoms with van der Waals surface area (Å²) in [5, 5.41) is 5.47. The maximum absolute atomic E-state index is 14.2. The number of carbonyl (C=O) groups is 1. The lowest BCUT2D eigenvalue weighted by atomic mass is 10.3. The van der Waals surface area contributed by atoms with E-state index in [9.17, 15) is 17.6 Å². The van der Waals surface area contributed by atoms with Crippen molar-refractivity contribution in [1.29, 1.82) is 0 Å². The van der Waals surface area contributed by atoms with Gasteiger partial charge in [0.05, 0.1) is 24.8 Å². The summed E-state index contributed by atoms with van der Waals surface area (Å²) in [6, 6.07) is 8.61. The minimum Gasteiger partial charge on any atom is -0.493 e. The topological polar surface area (TPSA) is 171 Å². The van der Waals surface area contributed by atoms with E-state index in [0.717, 1.165) is 6.20 Å². The Hall–Kier alpha value is -4.33. The molecule has 0 aliphatic heterocycles. The van der Waals surface area contributed by atoms with Crippen LogP contribution in [0.15, 0.2) is 51.9 Å². The predicted molar refractivity (Wildman–Crippen MR) is 123 cm³/mol. The summed E-state index contributed by atoms with van der Waals surface area (Å²) in [6.07, 6.45) is 1.51. The average molecular weight is 489 g/mol. The zero-order chi connectivity index (χ0) is 24.7. The Bertz CT molecular complexity index is 1330. The van der Waals surface area contributed by atoms with Crippen LogP contribution in [0.5, 0.6) is 5.75 Å². The number of halogens is 1. The Morgan fingerprint density at radius 3 is 2.74 bits per heavy atom. The molecule has 2 aromatic heterocycles. The number of sulfonamides is 1. The molecular weight excluding hydrogens is 469 g/mol. The SMILES string of the molecule is CCOC(=O)/C=N/S(=O)(=O)c1cccc(Nc2ncc(F)c(Nc3ccc(OC)c(N)n3)n2)c1. The fourth-order valence-corrected chi connectivity index (χ4v) is 3.43. The minimum absolute atomic E-state index is 0.0324. The number of nitrogens with two attached hydrogens (primary N) is 1. The zero-order valence-electron chi connectivity index (χ0n) is 18.0. The first kappa shape index (κ1) is 24.3. The number of nitrogens with one attached hydrogen (secondary N) is 2. The van der Waals surface area contributed by atoms with E-state index in [1.165, 1.54) is 31.4 Å². The highest BCUT2D eigenvalue weighted by molar-refractivity contribution is 7.90. The fourth-order valence-electron chi connectivity index (χ4n) is 2.56. The molecule has 0 amide bonds. The predicted octanol–water partition coefficient (Wildman–Crippen LogP) is 2.41. The number of ether oxygens (including phenoxy) is 2. The molecule has 0 saturated carbocycles. The highest BCUT2D eigenvalue weighted by Crippen LogP contribution is 2.25. The second kappa shape index (κ2) is 10.5. The molecule has 0 saturated heterocycles. The van der Waals surface area contributed by atoms with Gasteiger partial charge in [0.1, 0.15) is 12.0 Å². The molecular formula is C20H20FN7O5S. The number of esters is 1. The van der Waals surface area contributed by atoms with Crippen molar-refractivity contribution in [2.45, 2.75) is 11.8 Å². The number of anilines is 5. The number of aromatic nitrogens is 3. The monoisotopic (exact) mass is 489 g/mol. The maximum atomic E-state index is 14.2. The van der Waals surface area contributed by atoms with E-state index in [0.29, 0.717) is 12.0 Å². The van der Waals surface area contributed by atoms with Crippen LogP contribution in [0.1, 0.15) is 6.92 Å². The van der Waals surface area contributed by atoms with Crippen molar-refractivity contribution in [3.8, 4) is 5.75 Å². The molecule has 0 bridgehead atoms. The van der Waals surface area contributed by atoms with E-state index >= 15 is 0 Å². The molecule has 0 unspecified atom stereocenters. The summed E-state index contributed by atoms with van der Waals surface area (Å²) in [6.45, 7) is 1.66. The van der Waals surface area contributed by atoms with Gasteiger partial charge in [-0.05, 0) is 37.3 Å². The molecule has 3 rings (SSSR count). The van der Waals surface area contributed by atoms with Crippen LogP contribution in [0.2, 0.25) is 0 Å². The standard InChI is InChI=1S/C20H20FN7O5S/c1-3-33-17(29)11-24-34(30,31)13-6-4-5-12(9-13)25-20-23-10-14(21)19(28-20)27-16-8-7-15(32-2)18(22)26-16/h4-11H,3H2,1-2H3,(H4,22,23,25,26,27,28)/b24-11+. The Morgan fingerprint density at radius 1 is 1.24 bits per heavy atom. The third kappa shape index (κ3) is 6.13. The van der Waals surface area contributed by atoms with E-state index in [1.807, 2.05) is 0 Å². The van der Waals surface area contributed by atoms with Crippen molar-refractivity contribution in [3.63, 3.8) is 0 Å². The van der Waals surface area contributed by atoms with E-state index in [2.05, 4.69) is 34.7 Å². The fraction of sp³-hybridized carbons (Fsp3) is 0.150. The summed E-state index contributed by atoms with van der Waals surface area (Å²) in [5.74, 6) is -1.19. The summed E-state index contributed by atoms with van der Waals surface area (Å²) in [5.41, 5.74) is 6.03. The number of hydrogen-bond donors (Lipinski definition) is 3. The van der Waals surface area contributed by atoms with E-state index in [4.69, 9.17) is 10.5 Å². The first-order chi connectivity index (χ1) is 16.2. The van der Waals surface area contributed by atoms with Gasteiger partial charge in [0.2, 0.25) is 5.95 Å². The summed E-state index contributed by atoms with van der Waals surface area (Å²) in [4.78, 5) is 23.1. The molecule has 2 heterocycles. The lowest BCUT2D eigenvalue weighted by Gasteiger charge is -2.11. The zero-order valence-corrected chi connectivity index (χ0v) is 18.8. The average Bonchev–Trinajstić information content (AvgIpc) is 2.80. The molecule has 12 nitrogen and oxygen atoms in total. The number of pyridine rings is 1. The number of hydrogen-bond acceptors (Lipinski definition) is 11. The van der Waals surface area contributed by atoms with Crippen molar-refractivity contribution in [1.82, 2.24) is 15.0 Å². The van der Waals surface area contributed by atoms with Crippen LogP contribution in [0.3, 0.4) is 0 Å². The minimum atomic E-state index is -4.17. The normalized spacial score (nSPS) is 11.3. The van der Waals surface area contributed by atoms with Crippen LogP contribution in [0, 0.1) is 5.82 Å². The number of carbonyl (C=O) groups excluding carboxylic acids is 1. The van der Waals surface area contributed by atoms with Crippen LogP contribution >= 0.6 is 0 Å². The molecule has 0 aliphatic carbocycles. The molecule has 0 aliphatic rings. The van der Waals surface area contributed by atoms with Gasteiger partial charge in [-0.25, -0.2) is 19.2 Å². The molecule has 0 fully saturated rings. The summed E-state index contributed by atoms with van der Waals surface area (Å²) < 4.78 is 51.9. The van der Waals surface area contributed by atoms with Gasteiger partial charge in [0.25, 0.3) is 10.0 Å². The van der Waals surface area contributed by atoms with Gasteiger partial charge in [-0.2, -0.15) is 17.8 Å². The van der Waals surface area contributed by atoms with Crippen molar-refractivity contribution < 1.29 is 27.1 Å². The van der Waals surface area contributed by atoms with Gasteiger partial charge < -0.3 is 25.8 Å². The van der Waals surface area contributed by atoms with Crippen molar-refractivity contribution >= 4 is 51.3 Å². The van der Waals surface area contributed by atoms with Crippen LogP contribution in [-0.2, 0) is 19.6 Å². The molecule has 4 N–H and O–H groups in total. The number of rotatable bonds is 9. The summed E-state index contributed by atoms with van der Waals surface area (Å²) in [7, 11) is -2.73. The molecule has 178 valence electrons. The Labute approximate surface area is 194 Å². The van der Waals surface area contributed by atoms with Gasteiger partial charge in [-0.3, -0.25) is 0 Å². The molecule has 34 heavy (non-hydrogen) atoms. The van der Waals surface area contributed by atoms with Crippen molar-refractivity contribution in [3.05, 3.63) is 48.4 Å². The third-order valence-corrected chi connectivity index (χ3v) is 5.30.